The third-order valence-electron chi connectivity index (χ3n) is 5.98. The first-order valence-electron chi connectivity index (χ1n) is 10.9. The molecule has 3 aromatic rings. The fourth-order valence-corrected chi connectivity index (χ4v) is 4.27. The third-order valence-corrected chi connectivity index (χ3v) is 5.98. The third kappa shape index (κ3) is 4.55. The van der Waals surface area contributed by atoms with E-state index in [0.29, 0.717) is 37.8 Å². The lowest BCUT2D eigenvalue weighted by atomic mass is 10.1. The molecule has 0 unspecified atom stereocenters. The standard InChI is InChI=1S/C23H27N7O3/c1-15-13-16(2)25-23(24-15)29-18(4)19(17(3)26-29)14-22(31)28-11-9-27(10-12-28)20-7-5-6-8-21(20)30(32)33/h5-8,13H,9-12,14H2,1-4H3. The number of rotatable bonds is 5. The van der Waals surface area contributed by atoms with E-state index in [0.717, 1.165) is 28.3 Å². The maximum absolute atomic E-state index is 13.1. The van der Waals surface area contributed by atoms with E-state index in [1.54, 1.807) is 22.9 Å². The lowest BCUT2D eigenvalue weighted by Crippen LogP contribution is -2.49. The average molecular weight is 450 g/mol. The molecule has 3 heterocycles. The van der Waals surface area contributed by atoms with Gasteiger partial charge < -0.3 is 9.80 Å². The summed E-state index contributed by atoms with van der Waals surface area (Å²) in [6, 6.07) is 8.63. The Labute approximate surface area is 192 Å². The van der Waals surface area contributed by atoms with Crippen LogP contribution < -0.4 is 4.90 Å². The van der Waals surface area contributed by atoms with E-state index >= 15 is 0 Å². The van der Waals surface area contributed by atoms with Crippen molar-refractivity contribution >= 4 is 17.3 Å². The van der Waals surface area contributed by atoms with E-state index in [2.05, 4.69) is 15.1 Å². The molecule has 1 aliphatic heterocycles. The van der Waals surface area contributed by atoms with E-state index in [9.17, 15) is 14.9 Å². The van der Waals surface area contributed by atoms with Gasteiger partial charge in [-0.15, -0.1) is 0 Å². The highest BCUT2D eigenvalue weighted by Crippen LogP contribution is 2.28. The Kier molecular flexibility index (Phi) is 6.08. The largest absolute Gasteiger partial charge is 0.362 e. The molecule has 1 saturated heterocycles. The number of anilines is 1. The van der Waals surface area contributed by atoms with E-state index in [1.165, 1.54) is 6.07 Å². The number of piperazine rings is 1. The lowest BCUT2D eigenvalue weighted by molar-refractivity contribution is -0.384. The van der Waals surface area contributed by atoms with Crippen LogP contribution in [0.2, 0.25) is 0 Å². The first-order chi connectivity index (χ1) is 15.7. The minimum Gasteiger partial charge on any atom is -0.362 e. The van der Waals surface area contributed by atoms with Gasteiger partial charge in [0.15, 0.2) is 0 Å². The maximum Gasteiger partial charge on any atom is 0.292 e. The van der Waals surface area contributed by atoms with Crippen LogP contribution in [0.1, 0.15) is 28.3 Å². The summed E-state index contributed by atoms with van der Waals surface area (Å²) in [6.07, 6.45) is 0.244. The summed E-state index contributed by atoms with van der Waals surface area (Å²) in [5, 5.41) is 15.9. The van der Waals surface area contributed by atoms with Gasteiger partial charge in [-0.3, -0.25) is 14.9 Å². The second-order valence-electron chi connectivity index (χ2n) is 8.30. The minimum atomic E-state index is -0.366. The molecule has 1 aromatic carbocycles. The van der Waals surface area contributed by atoms with Gasteiger partial charge in [0.25, 0.3) is 11.6 Å². The smallest absolute Gasteiger partial charge is 0.292 e. The molecule has 0 N–H and O–H groups in total. The van der Waals surface area contributed by atoms with Crippen LogP contribution in [0, 0.1) is 37.8 Å². The predicted octanol–water partition coefficient (Wildman–Crippen LogP) is 2.70. The molecular weight excluding hydrogens is 422 g/mol. The Hall–Kier alpha value is -3.82. The number of nitrogens with zero attached hydrogens (tertiary/aromatic N) is 7. The van der Waals surface area contributed by atoms with Crippen LogP contribution in [0.5, 0.6) is 0 Å². The van der Waals surface area contributed by atoms with Gasteiger partial charge in [0.1, 0.15) is 5.69 Å². The molecule has 0 aliphatic carbocycles. The van der Waals surface area contributed by atoms with Gasteiger partial charge in [-0.25, -0.2) is 14.6 Å². The summed E-state index contributed by atoms with van der Waals surface area (Å²) in [4.78, 5) is 36.8. The quantitative estimate of drug-likeness (QED) is 0.435. The maximum atomic E-state index is 13.1. The minimum absolute atomic E-state index is 0.0179. The van der Waals surface area contributed by atoms with Gasteiger partial charge >= 0.3 is 0 Å². The molecule has 1 aliphatic rings. The molecule has 0 bridgehead atoms. The Morgan fingerprint density at radius 2 is 1.67 bits per heavy atom. The van der Waals surface area contributed by atoms with Crippen molar-refractivity contribution in [2.24, 2.45) is 0 Å². The molecular formula is C23H27N7O3. The van der Waals surface area contributed by atoms with Crippen LogP contribution >= 0.6 is 0 Å². The van der Waals surface area contributed by atoms with E-state index in [4.69, 9.17) is 0 Å². The van der Waals surface area contributed by atoms with Crippen LogP contribution in [0.3, 0.4) is 0 Å². The van der Waals surface area contributed by atoms with Gasteiger partial charge in [-0.2, -0.15) is 5.10 Å². The Morgan fingerprint density at radius 1 is 1.03 bits per heavy atom. The number of amides is 1. The SMILES string of the molecule is Cc1cc(C)nc(-n2nc(C)c(CC(=O)N3CCN(c4ccccc4[N+](=O)[O-])CC3)c2C)n1. The average Bonchev–Trinajstić information content (AvgIpc) is 3.07. The predicted molar refractivity (Wildman–Crippen MR) is 124 cm³/mol. The van der Waals surface area contributed by atoms with Crippen molar-refractivity contribution in [3.05, 3.63) is 68.8 Å². The van der Waals surface area contributed by atoms with Crippen molar-refractivity contribution in [2.45, 2.75) is 34.1 Å². The normalized spacial score (nSPS) is 13.9. The van der Waals surface area contributed by atoms with Crippen LogP contribution in [-0.4, -0.2) is 61.7 Å². The van der Waals surface area contributed by atoms with E-state index < -0.39 is 0 Å². The fraction of sp³-hybridized carbons (Fsp3) is 0.391. The molecule has 0 spiro atoms. The molecule has 0 saturated carbocycles. The molecule has 0 radical (unpaired) electrons. The van der Waals surface area contributed by atoms with Gasteiger partial charge in [0, 0.05) is 54.9 Å². The lowest BCUT2D eigenvalue weighted by Gasteiger charge is -2.35. The number of hydrogen-bond donors (Lipinski definition) is 0. The number of aromatic nitrogens is 4. The fourth-order valence-electron chi connectivity index (χ4n) is 4.27. The van der Waals surface area contributed by atoms with Gasteiger partial charge in [-0.1, -0.05) is 12.1 Å². The van der Waals surface area contributed by atoms with Crippen LogP contribution in [-0.2, 0) is 11.2 Å². The topological polar surface area (TPSA) is 110 Å². The van der Waals surface area contributed by atoms with Crippen molar-refractivity contribution < 1.29 is 9.72 Å². The summed E-state index contributed by atoms with van der Waals surface area (Å²) < 4.78 is 1.70. The molecule has 4 rings (SSSR count). The number of carbonyl (C=O) groups is 1. The van der Waals surface area contributed by atoms with Crippen molar-refractivity contribution in [1.29, 1.82) is 0 Å². The van der Waals surface area contributed by atoms with Gasteiger partial charge in [0.05, 0.1) is 17.0 Å². The van der Waals surface area contributed by atoms with Crippen molar-refractivity contribution in [3.8, 4) is 5.95 Å². The number of benzene rings is 1. The van der Waals surface area contributed by atoms with Crippen molar-refractivity contribution in [2.75, 3.05) is 31.1 Å². The van der Waals surface area contributed by atoms with Crippen molar-refractivity contribution in [1.82, 2.24) is 24.6 Å². The van der Waals surface area contributed by atoms with Crippen LogP contribution in [0.4, 0.5) is 11.4 Å². The Bertz CT molecular complexity index is 1190. The number of para-hydroxylation sites is 2. The molecule has 172 valence electrons. The highest BCUT2D eigenvalue weighted by atomic mass is 16.6. The van der Waals surface area contributed by atoms with Crippen molar-refractivity contribution in [3.63, 3.8) is 0 Å². The van der Waals surface area contributed by atoms with E-state index in [-0.39, 0.29) is 22.9 Å². The number of hydrogen-bond acceptors (Lipinski definition) is 7. The molecule has 1 fully saturated rings. The molecule has 0 atom stereocenters. The molecule has 1 amide bonds. The Morgan fingerprint density at radius 3 is 2.30 bits per heavy atom. The zero-order chi connectivity index (χ0) is 23.7. The Balaban J connectivity index is 1.46. The first-order valence-corrected chi connectivity index (χ1v) is 10.9. The number of carbonyl (C=O) groups excluding carboxylic acids is 1. The molecule has 33 heavy (non-hydrogen) atoms. The molecule has 10 heteroatoms. The number of nitro benzene ring substituents is 1. The summed E-state index contributed by atoms with van der Waals surface area (Å²) in [7, 11) is 0. The zero-order valence-electron chi connectivity index (χ0n) is 19.3. The monoisotopic (exact) mass is 449 g/mol. The number of nitro groups is 1. The van der Waals surface area contributed by atoms with Gasteiger partial charge in [-0.05, 0) is 39.8 Å². The summed E-state index contributed by atoms with van der Waals surface area (Å²) in [5.41, 5.74) is 4.91. The summed E-state index contributed by atoms with van der Waals surface area (Å²) >= 11 is 0. The zero-order valence-corrected chi connectivity index (χ0v) is 19.3. The van der Waals surface area contributed by atoms with E-state index in [1.807, 2.05) is 43.6 Å². The second-order valence-corrected chi connectivity index (χ2v) is 8.30. The number of aryl methyl sites for hydroxylation is 3. The highest BCUT2D eigenvalue weighted by molar-refractivity contribution is 5.80. The highest BCUT2D eigenvalue weighted by Gasteiger charge is 2.27. The molecule has 10 nitrogen and oxygen atoms in total. The molecule has 2 aromatic heterocycles. The first kappa shape index (κ1) is 22.4. The van der Waals surface area contributed by atoms with Crippen LogP contribution in [0.15, 0.2) is 30.3 Å². The second kappa shape index (κ2) is 8.97. The van der Waals surface area contributed by atoms with Gasteiger partial charge in [0.2, 0.25) is 5.91 Å². The summed E-state index contributed by atoms with van der Waals surface area (Å²) in [6.45, 7) is 9.76. The summed E-state index contributed by atoms with van der Waals surface area (Å²) in [5.74, 6) is 0.522. The van der Waals surface area contributed by atoms with Crippen LogP contribution in [0.25, 0.3) is 5.95 Å².